The molecule has 4 nitrogen and oxygen atoms in total. The second-order valence-electron chi connectivity index (χ2n) is 5.77. The highest BCUT2D eigenvalue weighted by Gasteiger charge is 2.39. The summed E-state index contributed by atoms with van der Waals surface area (Å²) in [6.07, 6.45) is 7.09. The second kappa shape index (κ2) is 5.51. The Morgan fingerprint density at radius 1 is 1.14 bits per heavy atom. The maximum atomic E-state index is 12.5. The third-order valence-electron chi connectivity index (χ3n) is 4.41. The first kappa shape index (κ1) is 14.1. The molecule has 0 fully saturated rings. The lowest BCUT2D eigenvalue weighted by Gasteiger charge is -2.33. The van der Waals surface area contributed by atoms with Crippen molar-refractivity contribution >= 4 is 11.6 Å². The number of methoxy groups -OCH3 is 1. The molecule has 1 heterocycles. The SMILES string of the molecule is COC1=CC(=O)C2=C(C1=O)C(C)OC1=C2CCCCCC1. The fraction of sp³-hybridized carbons (Fsp3) is 0.529. The smallest absolute Gasteiger partial charge is 0.228 e. The van der Waals surface area contributed by atoms with Gasteiger partial charge < -0.3 is 9.47 Å². The number of Topliss-reactive ketones (excluding diaryl/α,β-unsaturated/α-hetero) is 1. The predicted octanol–water partition coefficient (Wildman–Crippen LogP) is 2.99. The van der Waals surface area contributed by atoms with E-state index in [-0.39, 0.29) is 23.4 Å². The van der Waals surface area contributed by atoms with E-state index in [9.17, 15) is 9.59 Å². The molecule has 2 aliphatic carbocycles. The van der Waals surface area contributed by atoms with Gasteiger partial charge in [0.05, 0.1) is 12.7 Å². The van der Waals surface area contributed by atoms with Crippen molar-refractivity contribution in [3.63, 3.8) is 0 Å². The van der Waals surface area contributed by atoms with Crippen LogP contribution in [0.3, 0.4) is 0 Å². The van der Waals surface area contributed by atoms with Gasteiger partial charge in [0.25, 0.3) is 0 Å². The molecule has 0 bridgehead atoms. The van der Waals surface area contributed by atoms with Crippen molar-refractivity contribution in [1.82, 2.24) is 0 Å². The number of carbonyl (C=O) groups excluding carboxylic acids is 2. The summed E-state index contributed by atoms with van der Waals surface area (Å²) in [5.74, 6) is 0.693. The van der Waals surface area contributed by atoms with Crippen LogP contribution in [0.15, 0.2) is 34.3 Å². The summed E-state index contributed by atoms with van der Waals surface area (Å²) in [6.45, 7) is 1.83. The van der Waals surface area contributed by atoms with Crippen LogP contribution in [-0.4, -0.2) is 24.8 Å². The van der Waals surface area contributed by atoms with E-state index in [1.807, 2.05) is 6.92 Å². The predicted molar refractivity (Wildman–Crippen MR) is 77.4 cm³/mol. The third-order valence-corrected chi connectivity index (χ3v) is 4.41. The molecule has 3 aliphatic rings. The second-order valence-corrected chi connectivity index (χ2v) is 5.77. The number of hydrogen-bond donors (Lipinski definition) is 0. The summed E-state index contributed by atoms with van der Waals surface area (Å²) in [7, 11) is 1.41. The minimum absolute atomic E-state index is 0.115. The highest BCUT2D eigenvalue weighted by molar-refractivity contribution is 6.24. The molecule has 0 aromatic carbocycles. The quantitative estimate of drug-likeness (QED) is 0.696. The summed E-state index contributed by atoms with van der Waals surface area (Å²) in [6, 6.07) is 0. The van der Waals surface area contributed by atoms with Crippen molar-refractivity contribution in [1.29, 1.82) is 0 Å². The molecule has 4 heteroatoms. The number of ether oxygens (including phenoxy) is 2. The molecule has 1 atom stereocenters. The minimum Gasteiger partial charge on any atom is -0.493 e. The first-order valence-electron chi connectivity index (χ1n) is 7.61. The molecular weight excluding hydrogens is 268 g/mol. The lowest BCUT2D eigenvalue weighted by Crippen LogP contribution is -2.32. The Hall–Kier alpha value is -1.84. The Morgan fingerprint density at radius 2 is 1.86 bits per heavy atom. The van der Waals surface area contributed by atoms with E-state index in [1.165, 1.54) is 19.6 Å². The van der Waals surface area contributed by atoms with Gasteiger partial charge in [-0.25, -0.2) is 0 Å². The van der Waals surface area contributed by atoms with Crippen molar-refractivity contribution in [3.05, 3.63) is 34.3 Å². The molecule has 0 spiro atoms. The molecule has 0 saturated carbocycles. The average molecular weight is 288 g/mol. The molecule has 3 rings (SSSR count). The van der Waals surface area contributed by atoms with Gasteiger partial charge in [-0.15, -0.1) is 0 Å². The normalized spacial score (nSPS) is 26.4. The van der Waals surface area contributed by atoms with Gasteiger partial charge >= 0.3 is 0 Å². The number of fused-ring (bicyclic) bond motifs is 1. The van der Waals surface area contributed by atoms with E-state index >= 15 is 0 Å². The molecule has 1 aliphatic heterocycles. The van der Waals surface area contributed by atoms with Gasteiger partial charge in [0, 0.05) is 23.6 Å². The standard InChI is InChI=1S/C17H20O4/c1-10-15-16(12(18)9-14(20-2)17(15)19)11-7-5-3-4-6-8-13(11)21-10/h9-10H,3-8H2,1-2H3. The highest BCUT2D eigenvalue weighted by Crippen LogP contribution is 2.40. The number of allylic oxidation sites excluding steroid dienone is 5. The molecule has 1 unspecified atom stereocenters. The van der Waals surface area contributed by atoms with Crippen LogP contribution >= 0.6 is 0 Å². The largest absolute Gasteiger partial charge is 0.493 e. The highest BCUT2D eigenvalue weighted by atomic mass is 16.5. The molecular formula is C17H20O4. The summed E-state index contributed by atoms with van der Waals surface area (Å²) in [5.41, 5.74) is 2.00. The van der Waals surface area contributed by atoms with Gasteiger partial charge in [-0.05, 0) is 26.2 Å². The molecule has 0 radical (unpaired) electrons. The van der Waals surface area contributed by atoms with Crippen LogP contribution in [0.2, 0.25) is 0 Å². The van der Waals surface area contributed by atoms with E-state index in [0.29, 0.717) is 11.1 Å². The van der Waals surface area contributed by atoms with Gasteiger partial charge in [-0.1, -0.05) is 12.8 Å². The number of carbonyl (C=O) groups is 2. The Labute approximate surface area is 124 Å². The van der Waals surface area contributed by atoms with Crippen LogP contribution in [0.5, 0.6) is 0 Å². The fourth-order valence-corrected chi connectivity index (χ4v) is 3.38. The van der Waals surface area contributed by atoms with Gasteiger partial charge in [-0.2, -0.15) is 0 Å². The number of ketones is 2. The zero-order chi connectivity index (χ0) is 15.0. The first-order valence-corrected chi connectivity index (χ1v) is 7.61. The summed E-state index contributed by atoms with van der Waals surface area (Å²) in [5, 5.41) is 0. The topological polar surface area (TPSA) is 52.6 Å². The van der Waals surface area contributed by atoms with Crippen molar-refractivity contribution in [3.8, 4) is 0 Å². The van der Waals surface area contributed by atoms with Crippen LogP contribution in [0.1, 0.15) is 45.4 Å². The maximum absolute atomic E-state index is 12.5. The Balaban J connectivity index is 2.10. The van der Waals surface area contributed by atoms with Crippen LogP contribution < -0.4 is 0 Å². The summed E-state index contributed by atoms with van der Waals surface area (Å²) in [4.78, 5) is 25.0. The van der Waals surface area contributed by atoms with Crippen molar-refractivity contribution in [2.45, 2.75) is 51.6 Å². The van der Waals surface area contributed by atoms with Gasteiger partial charge in [0.1, 0.15) is 11.9 Å². The molecule has 112 valence electrons. The van der Waals surface area contributed by atoms with Gasteiger partial charge in [0.2, 0.25) is 5.78 Å². The monoisotopic (exact) mass is 288 g/mol. The Morgan fingerprint density at radius 3 is 2.57 bits per heavy atom. The van der Waals surface area contributed by atoms with E-state index in [4.69, 9.17) is 9.47 Å². The average Bonchev–Trinajstić information content (AvgIpc) is 2.44. The Bertz CT molecular complexity index is 592. The lowest BCUT2D eigenvalue weighted by atomic mass is 9.80. The number of rotatable bonds is 1. The Kier molecular flexibility index (Phi) is 3.70. The van der Waals surface area contributed by atoms with E-state index in [1.54, 1.807) is 0 Å². The van der Waals surface area contributed by atoms with Crippen LogP contribution in [0, 0.1) is 0 Å². The lowest BCUT2D eigenvalue weighted by molar-refractivity contribution is -0.119. The van der Waals surface area contributed by atoms with Crippen molar-refractivity contribution in [2.75, 3.05) is 7.11 Å². The zero-order valence-electron chi connectivity index (χ0n) is 12.5. The van der Waals surface area contributed by atoms with Crippen LogP contribution in [-0.2, 0) is 19.1 Å². The van der Waals surface area contributed by atoms with Crippen molar-refractivity contribution < 1.29 is 19.1 Å². The van der Waals surface area contributed by atoms with Crippen LogP contribution in [0.25, 0.3) is 0 Å². The molecule has 0 saturated heterocycles. The third kappa shape index (κ3) is 2.33. The summed E-state index contributed by atoms with van der Waals surface area (Å²) >= 11 is 0. The van der Waals surface area contributed by atoms with E-state index in [2.05, 4.69) is 0 Å². The number of hydrogen-bond acceptors (Lipinski definition) is 4. The first-order chi connectivity index (χ1) is 10.1. The van der Waals surface area contributed by atoms with Gasteiger partial charge in [0.15, 0.2) is 11.5 Å². The van der Waals surface area contributed by atoms with Crippen LogP contribution in [0.4, 0.5) is 0 Å². The fourth-order valence-electron chi connectivity index (χ4n) is 3.38. The van der Waals surface area contributed by atoms with E-state index in [0.717, 1.165) is 43.4 Å². The molecule has 0 amide bonds. The van der Waals surface area contributed by atoms with Crippen molar-refractivity contribution in [2.24, 2.45) is 0 Å². The minimum atomic E-state index is -0.381. The molecule has 21 heavy (non-hydrogen) atoms. The molecule has 0 aromatic rings. The molecule has 0 N–H and O–H groups in total. The van der Waals surface area contributed by atoms with E-state index < -0.39 is 0 Å². The molecule has 0 aromatic heterocycles. The zero-order valence-corrected chi connectivity index (χ0v) is 12.5. The summed E-state index contributed by atoms with van der Waals surface area (Å²) < 4.78 is 11.0. The maximum Gasteiger partial charge on any atom is 0.228 e. The van der Waals surface area contributed by atoms with Gasteiger partial charge in [-0.3, -0.25) is 9.59 Å².